The molecule has 108 valence electrons. The molecule has 1 aromatic rings. The Morgan fingerprint density at radius 1 is 1.25 bits per heavy atom. The zero-order valence-electron chi connectivity index (χ0n) is 11.2. The van der Waals surface area contributed by atoms with E-state index in [0.717, 1.165) is 18.4 Å². The lowest BCUT2D eigenvalue weighted by molar-refractivity contribution is -0.138. The number of benzene rings is 1. The average molecular weight is 277 g/mol. The molecule has 20 heavy (non-hydrogen) atoms. The van der Waals surface area contributed by atoms with Crippen molar-refractivity contribution in [3.63, 3.8) is 0 Å². The first-order chi connectivity index (χ1) is 9.63. The molecule has 2 N–H and O–H groups in total. The molecular formula is C15H19NO4. The van der Waals surface area contributed by atoms with Crippen LogP contribution >= 0.6 is 0 Å². The van der Waals surface area contributed by atoms with Crippen LogP contribution in [0.1, 0.15) is 31.2 Å². The quantitative estimate of drug-likeness (QED) is 0.867. The van der Waals surface area contributed by atoms with E-state index in [-0.39, 0.29) is 25.0 Å². The molecule has 1 aliphatic carbocycles. The number of nitrogens with one attached hydrogen (secondary N) is 1. The van der Waals surface area contributed by atoms with E-state index in [1.54, 1.807) is 0 Å². The number of amides is 1. The molecule has 0 saturated heterocycles. The summed E-state index contributed by atoms with van der Waals surface area (Å²) >= 11 is 0. The van der Waals surface area contributed by atoms with Gasteiger partial charge in [0.15, 0.2) is 0 Å². The van der Waals surface area contributed by atoms with Crippen LogP contribution < -0.4 is 5.32 Å². The van der Waals surface area contributed by atoms with Gasteiger partial charge in [-0.05, 0) is 30.7 Å². The van der Waals surface area contributed by atoms with Crippen molar-refractivity contribution in [3.05, 3.63) is 35.9 Å². The molecule has 1 amide bonds. The molecule has 0 heterocycles. The number of alkyl carbamates (subject to hydrolysis) is 1. The number of aliphatic carboxylic acids is 1. The number of carbonyl (C=O) groups is 2. The molecule has 5 nitrogen and oxygen atoms in total. The monoisotopic (exact) mass is 277 g/mol. The summed E-state index contributed by atoms with van der Waals surface area (Å²) in [6.07, 6.45) is 2.12. The van der Waals surface area contributed by atoms with Crippen LogP contribution in [0.3, 0.4) is 0 Å². The second-order valence-corrected chi connectivity index (χ2v) is 5.18. The fraction of sp³-hybridized carbons (Fsp3) is 0.467. The number of rotatable bonds is 5. The number of carbonyl (C=O) groups excluding carboxylic acids is 1. The third-order valence-corrected chi connectivity index (χ3v) is 3.54. The topological polar surface area (TPSA) is 75.6 Å². The molecule has 0 spiro atoms. The van der Waals surface area contributed by atoms with Crippen LogP contribution in [0.5, 0.6) is 0 Å². The van der Waals surface area contributed by atoms with Gasteiger partial charge in [0.25, 0.3) is 0 Å². The molecule has 1 saturated carbocycles. The average Bonchev–Trinajstić information content (AvgIpc) is 2.84. The second kappa shape index (κ2) is 6.93. The molecule has 1 aromatic carbocycles. The predicted molar refractivity (Wildman–Crippen MR) is 73.1 cm³/mol. The lowest BCUT2D eigenvalue weighted by atomic mass is 10.0. The molecule has 0 unspecified atom stereocenters. The van der Waals surface area contributed by atoms with Gasteiger partial charge in [0.1, 0.15) is 6.61 Å². The summed E-state index contributed by atoms with van der Waals surface area (Å²) in [5.74, 6) is -0.616. The van der Waals surface area contributed by atoms with Gasteiger partial charge in [-0.1, -0.05) is 30.3 Å². The minimum Gasteiger partial charge on any atom is -0.481 e. The smallest absolute Gasteiger partial charge is 0.407 e. The molecule has 0 aromatic heterocycles. The summed E-state index contributed by atoms with van der Waals surface area (Å²) in [6, 6.07) is 9.51. The Bertz CT molecular complexity index is 460. The molecule has 2 atom stereocenters. The molecule has 2 rings (SSSR count). The van der Waals surface area contributed by atoms with Gasteiger partial charge in [0, 0.05) is 12.5 Å². The predicted octanol–water partition coefficient (Wildman–Crippen LogP) is 2.56. The van der Waals surface area contributed by atoms with Crippen molar-refractivity contribution >= 4 is 12.1 Å². The molecule has 0 aliphatic heterocycles. The molecule has 0 bridgehead atoms. The SMILES string of the molecule is O=C(O)C[C@@H]1CC[C@H](NC(=O)OCc2ccccc2)C1. The Labute approximate surface area is 117 Å². The Balaban J connectivity index is 1.69. The third kappa shape index (κ3) is 4.57. The first kappa shape index (κ1) is 14.4. The maximum atomic E-state index is 11.7. The lowest BCUT2D eigenvalue weighted by Gasteiger charge is -2.13. The number of ether oxygens (including phenoxy) is 1. The van der Waals surface area contributed by atoms with Crippen molar-refractivity contribution in [2.75, 3.05) is 0 Å². The van der Waals surface area contributed by atoms with Gasteiger partial charge in [-0.25, -0.2) is 4.79 Å². The van der Waals surface area contributed by atoms with Gasteiger partial charge in [-0.2, -0.15) is 0 Å². The molecule has 1 fully saturated rings. The second-order valence-electron chi connectivity index (χ2n) is 5.18. The van der Waals surface area contributed by atoms with Crippen LogP contribution in [0.4, 0.5) is 4.79 Å². The highest BCUT2D eigenvalue weighted by atomic mass is 16.5. The first-order valence-corrected chi connectivity index (χ1v) is 6.82. The largest absolute Gasteiger partial charge is 0.481 e. The van der Waals surface area contributed by atoms with Gasteiger partial charge < -0.3 is 15.2 Å². The summed E-state index contributed by atoms with van der Waals surface area (Å²) in [4.78, 5) is 22.3. The van der Waals surface area contributed by atoms with Gasteiger partial charge in [-0.15, -0.1) is 0 Å². The van der Waals surface area contributed by atoms with E-state index in [1.165, 1.54) is 0 Å². The zero-order valence-corrected chi connectivity index (χ0v) is 11.2. The summed E-state index contributed by atoms with van der Waals surface area (Å²) in [6.45, 7) is 0.248. The van der Waals surface area contributed by atoms with E-state index >= 15 is 0 Å². The van der Waals surface area contributed by atoms with Crippen LogP contribution in [-0.4, -0.2) is 23.2 Å². The summed E-state index contributed by atoms with van der Waals surface area (Å²) < 4.78 is 5.14. The Morgan fingerprint density at radius 3 is 2.70 bits per heavy atom. The highest BCUT2D eigenvalue weighted by Gasteiger charge is 2.27. The lowest BCUT2D eigenvalue weighted by Crippen LogP contribution is -2.33. The van der Waals surface area contributed by atoms with Crippen molar-refractivity contribution in [1.29, 1.82) is 0 Å². The highest BCUT2D eigenvalue weighted by molar-refractivity contribution is 5.68. The number of hydrogen-bond acceptors (Lipinski definition) is 3. The van der Waals surface area contributed by atoms with E-state index in [0.29, 0.717) is 6.42 Å². The summed E-state index contributed by atoms with van der Waals surface area (Å²) in [7, 11) is 0. The Hall–Kier alpha value is -2.04. The molecule has 5 heteroatoms. The minimum absolute atomic E-state index is 0.0302. The van der Waals surface area contributed by atoms with E-state index in [4.69, 9.17) is 9.84 Å². The number of carboxylic acids is 1. The van der Waals surface area contributed by atoms with Crippen molar-refractivity contribution in [2.24, 2.45) is 5.92 Å². The van der Waals surface area contributed by atoms with Crippen LogP contribution in [-0.2, 0) is 16.1 Å². The van der Waals surface area contributed by atoms with Gasteiger partial charge in [0.2, 0.25) is 0 Å². The normalized spacial score (nSPS) is 21.4. The van der Waals surface area contributed by atoms with Crippen LogP contribution in [0, 0.1) is 5.92 Å². The molecular weight excluding hydrogens is 258 g/mol. The Morgan fingerprint density at radius 2 is 2.00 bits per heavy atom. The maximum absolute atomic E-state index is 11.7. The maximum Gasteiger partial charge on any atom is 0.407 e. The fourth-order valence-electron chi connectivity index (χ4n) is 2.57. The van der Waals surface area contributed by atoms with Crippen LogP contribution in [0.15, 0.2) is 30.3 Å². The fourth-order valence-corrected chi connectivity index (χ4v) is 2.57. The number of carboxylic acid groups (broad SMARTS) is 1. The van der Waals surface area contributed by atoms with Crippen molar-refractivity contribution < 1.29 is 19.4 Å². The number of hydrogen-bond donors (Lipinski definition) is 2. The van der Waals surface area contributed by atoms with Crippen molar-refractivity contribution in [1.82, 2.24) is 5.32 Å². The van der Waals surface area contributed by atoms with E-state index in [1.807, 2.05) is 30.3 Å². The van der Waals surface area contributed by atoms with Gasteiger partial charge in [0.05, 0.1) is 0 Å². The van der Waals surface area contributed by atoms with Crippen molar-refractivity contribution in [2.45, 2.75) is 38.3 Å². The zero-order chi connectivity index (χ0) is 14.4. The highest BCUT2D eigenvalue weighted by Crippen LogP contribution is 2.28. The third-order valence-electron chi connectivity index (χ3n) is 3.54. The van der Waals surface area contributed by atoms with E-state index in [2.05, 4.69) is 5.32 Å². The summed E-state index contributed by atoms with van der Waals surface area (Å²) in [5, 5.41) is 11.5. The van der Waals surface area contributed by atoms with Gasteiger partial charge in [-0.3, -0.25) is 4.79 Å². The Kier molecular flexibility index (Phi) is 4.98. The van der Waals surface area contributed by atoms with E-state index < -0.39 is 12.1 Å². The molecule has 1 aliphatic rings. The molecule has 0 radical (unpaired) electrons. The summed E-state index contributed by atoms with van der Waals surface area (Å²) in [5.41, 5.74) is 0.942. The van der Waals surface area contributed by atoms with E-state index in [9.17, 15) is 9.59 Å². The van der Waals surface area contributed by atoms with Gasteiger partial charge >= 0.3 is 12.1 Å². The minimum atomic E-state index is -0.776. The van der Waals surface area contributed by atoms with Crippen LogP contribution in [0.2, 0.25) is 0 Å². The first-order valence-electron chi connectivity index (χ1n) is 6.82. The van der Waals surface area contributed by atoms with Crippen molar-refractivity contribution in [3.8, 4) is 0 Å². The van der Waals surface area contributed by atoms with Crippen LogP contribution in [0.25, 0.3) is 0 Å². The standard InChI is InChI=1S/C15H19NO4/c17-14(18)9-12-6-7-13(8-12)16-15(19)20-10-11-4-2-1-3-5-11/h1-5,12-13H,6-10H2,(H,16,19)(H,17,18)/t12-,13+/m1/s1.